The number of carbonyl (C=O) groups excluding carboxylic acids is 1. The zero-order valence-electron chi connectivity index (χ0n) is 12.2. The molecule has 0 saturated carbocycles. The molecule has 0 fully saturated rings. The lowest BCUT2D eigenvalue weighted by molar-refractivity contribution is 0.103. The van der Waals surface area contributed by atoms with Crippen LogP contribution in [0.15, 0.2) is 42.5 Å². The van der Waals surface area contributed by atoms with Crippen molar-refractivity contribution >= 4 is 11.5 Å². The number of rotatable bonds is 5. The molecule has 3 heteroatoms. The molecule has 0 aliphatic carbocycles. The molecule has 0 unspecified atom stereocenters. The summed E-state index contributed by atoms with van der Waals surface area (Å²) in [6.07, 6.45) is 2.01. The molecule has 3 rings (SSSR count). The zero-order valence-corrected chi connectivity index (χ0v) is 12.2. The molecular weight excluding hydrogens is 262 g/mol. The van der Waals surface area contributed by atoms with Crippen molar-refractivity contribution in [2.45, 2.75) is 19.8 Å². The third-order valence-corrected chi connectivity index (χ3v) is 3.67. The molecule has 1 aliphatic rings. The van der Waals surface area contributed by atoms with Gasteiger partial charge in [0, 0.05) is 23.4 Å². The van der Waals surface area contributed by atoms with Crippen LogP contribution in [0.2, 0.25) is 0 Å². The first-order valence-electron chi connectivity index (χ1n) is 7.42. The van der Waals surface area contributed by atoms with Crippen LogP contribution >= 0.6 is 0 Å². The molecule has 0 bridgehead atoms. The summed E-state index contributed by atoms with van der Waals surface area (Å²) < 4.78 is 5.53. The molecule has 0 atom stereocenters. The van der Waals surface area contributed by atoms with Gasteiger partial charge in [0.15, 0.2) is 5.78 Å². The van der Waals surface area contributed by atoms with E-state index in [1.54, 1.807) is 0 Å². The van der Waals surface area contributed by atoms with E-state index in [2.05, 4.69) is 12.2 Å². The number of hydrogen-bond donors (Lipinski definition) is 1. The quantitative estimate of drug-likeness (QED) is 0.850. The summed E-state index contributed by atoms with van der Waals surface area (Å²) in [7, 11) is 0. The highest BCUT2D eigenvalue weighted by Crippen LogP contribution is 2.25. The first kappa shape index (κ1) is 13.7. The number of anilines is 1. The molecule has 0 radical (unpaired) electrons. The maximum absolute atomic E-state index is 12.5. The highest BCUT2D eigenvalue weighted by atomic mass is 16.5. The normalized spacial score (nSPS) is 12.6. The van der Waals surface area contributed by atoms with Gasteiger partial charge in [-0.25, -0.2) is 0 Å². The average molecular weight is 281 g/mol. The Labute approximate surface area is 124 Å². The van der Waals surface area contributed by atoms with Crippen molar-refractivity contribution in [1.82, 2.24) is 0 Å². The number of hydrogen-bond acceptors (Lipinski definition) is 3. The van der Waals surface area contributed by atoms with E-state index in [1.165, 1.54) is 5.56 Å². The first-order chi connectivity index (χ1) is 10.3. The van der Waals surface area contributed by atoms with Crippen molar-refractivity contribution in [2.75, 3.05) is 18.5 Å². The molecule has 0 spiro atoms. The molecule has 21 heavy (non-hydrogen) atoms. The van der Waals surface area contributed by atoms with Gasteiger partial charge in [0.25, 0.3) is 0 Å². The summed E-state index contributed by atoms with van der Waals surface area (Å²) in [6, 6.07) is 13.3. The monoisotopic (exact) mass is 281 g/mol. The van der Waals surface area contributed by atoms with Gasteiger partial charge in [-0.15, -0.1) is 0 Å². The number of ether oxygens (including phenoxy) is 1. The maximum Gasteiger partial charge on any atom is 0.193 e. The van der Waals surface area contributed by atoms with Crippen LogP contribution in [-0.4, -0.2) is 18.9 Å². The van der Waals surface area contributed by atoms with Gasteiger partial charge in [-0.1, -0.05) is 19.1 Å². The largest absolute Gasteiger partial charge is 0.494 e. The summed E-state index contributed by atoms with van der Waals surface area (Å²) in [5.74, 6) is 0.859. The zero-order chi connectivity index (χ0) is 14.7. The maximum atomic E-state index is 12.5. The van der Waals surface area contributed by atoms with Crippen LogP contribution in [-0.2, 0) is 6.42 Å². The second-order valence-electron chi connectivity index (χ2n) is 5.25. The Morgan fingerprint density at radius 2 is 1.90 bits per heavy atom. The van der Waals surface area contributed by atoms with Crippen LogP contribution in [0.5, 0.6) is 5.75 Å². The van der Waals surface area contributed by atoms with Crippen molar-refractivity contribution in [1.29, 1.82) is 0 Å². The van der Waals surface area contributed by atoms with Crippen LogP contribution in [0.25, 0.3) is 0 Å². The smallest absolute Gasteiger partial charge is 0.193 e. The summed E-state index contributed by atoms with van der Waals surface area (Å²) in [6.45, 7) is 3.72. The van der Waals surface area contributed by atoms with Crippen LogP contribution < -0.4 is 10.1 Å². The van der Waals surface area contributed by atoms with Gasteiger partial charge in [-0.2, -0.15) is 0 Å². The summed E-state index contributed by atoms with van der Waals surface area (Å²) in [4.78, 5) is 12.5. The summed E-state index contributed by atoms with van der Waals surface area (Å²) in [5.41, 5.74) is 3.79. The fourth-order valence-electron chi connectivity index (χ4n) is 2.52. The van der Waals surface area contributed by atoms with Crippen molar-refractivity contribution in [2.24, 2.45) is 0 Å². The SMILES string of the molecule is CCCOc1ccc(C(=O)c2ccc3c(c2)NCC3)cc1. The lowest BCUT2D eigenvalue weighted by atomic mass is 10.0. The highest BCUT2D eigenvalue weighted by Gasteiger charge is 2.14. The summed E-state index contributed by atoms with van der Waals surface area (Å²) in [5, 5.41) is 3.31. The van der Waals surface area contributed by atoms with Crippen molar-refractivity contribution < 1.29 is 9.53 Å². The van der Waals surface area contributed by atoms with Crippen LogP contribution in [0.4, 0.5) is 5.69 Å². The minimum Gasteiger partial charge on any atom is -0.494 e. The number of ketones is 1. The van der Waals surface area contributed by atoms with Crippen molar-refractivity contribution in [3.63, 3.8) is 0 Å². The van der Waals surface area contributed by atoms with Gasteiger partial charge < -0.3 is 10.1 Å². The van der Waals surface area contributed by atoms with Crippen molar-refractivity contribution in [3.05, 3.63) is 59.2 Å². The predicted molar refractivity (Wildman–Crippen MR) is 84.3 cm³/mol. The minimum atomic E-state index is 0.0496. The Balaban J connectivity index is 1.78. The average Bonchev–Trinajstić information content (AvgIpc) is 3.00. The molecule has 1 N–H and O–H groups in total. The molecule has 1 heterocycles. The standard InChI is InChI=1S/C18H19NO2/c1-2-11-21-16-7-5-14(6-8-16)18(20)15-4-3-13-9-10-19-17(13)12-15/h3-8,12,19H,2,9-11H2,1H3. The van der Waals surface area contributed by atoms with Gasteiger partial charge >= 0.3 is 0 Å². The van der Waals surface area contributed by atoms with Gasteiger partial charge in [-0.3, -0.25) is 4.79 Å². The lowest BCUT2D eigenvalue weighted by Gasteiger charge is -2.07. The Morgan fingerprint density at radius 3 is 2.67 bits per heavy atom. The van der Waals surface area contributed by atoms with Gasteiger partial charge in [0.05, 0.1) is 6.61 Å². The van der Waals surface area contributed by atoms with Gasteiger partial charge in [0.1, 0.15) is 5.75 Å². The Kier molecular flexibility index (Phi) is 3.91. The molecule has 2 aromatic rings. The van der Waals surface area contributed by atoms with E-state index in [9.17, 15) is 4.79 Å². The molecule has 1 aliphatic heterocycles. The first-order valence-corrected chi connectivity index (χ1v) is 7.42. The van der Waals surface area contributed by atoms with Crippen LogP contribution in [0.1, 0.15) is 34.8 Å². The fraction of sp³-hybridized carbons (Fsp3) is 0.278. The van der Waals surface area contributed by atoms with E-state index in [1.807, 2.05) is 42.5 Å². The van der Waals surface area contributed by atoms with E-state index in [0.29, 0.717) is 12.2 Å². The Bertz CT molecular complexity index is 647. The van der Waals surface area contributed by atoms with Crippen LogP contribution in [0, 0.1) is 0 Å². The molecule has 0 saturated heterocycles. The number of benzene rings is 2. The molecule has 3 nitrogen and oxygen atoms in total. The Hall–Kier alpha value is -2.29. The highest BCUT2D eigenvalue weighted by molar-refractivity contribution is 6.09. The van der Waals surface area contributed by atoms with Crippen molar-refractivity contribution in [3.8, 4) is 5.75 Å². The minimum absolute atomic E-state index is 0.0496. The molecule has 108 valence electrons. The second kappa shape index (κ2) is 6.00. The van der Waals surface area contributed by atoms with E-state index in [-0.39, 0.29) is 5.78 Å². The van der Waals surface area contributed by atoms with Gasteiger partial charge in [-0.05, 0) is 48.7 Å². The van der Waals surface area contributed by atoms with E-state index >= 15 is 0 Å². The van der Waals surface area contributed by atoms with E-state index in [0.717, 1.165) is 36.4 Å². The summed E-state index contributed by atoms with van der Waals surface area (Å²) >= 11 is 0. The number of nitrogens with one attached hydrogen (secondary N) is 1. The second-order valence-corrected chi connectivity index (χ2v) is 5.25. The third kappa shape index (κ3) is 2.92. The van der Waals surface area contributed by atoms with Gasteiger partial charge in [0.2, 0.25) is 0 Å². The van der Waals surface area contributed by atoms with E-state index in [4.69, 9.17) is 4.74 Å². The molecule has 0 aromatic heterocycles. The topological polar surface area (TPSA) is 38.3 Å². The van der Waals surface area contributed by atoms with Crippen LogP contribution in [0.3, 0.4) is 0 Å². The third-order valence-electron chi connectivity index (χ3n) is 3.67. The predicted octanol–water partition coefficient (Wildman–Crippen LogP) is 3.67. The fourth-order valence-corrected chi connectivity index (χ4v) is 2.52. The lowest BCUT2D eigenvalue weighted by Crippen LogP contribution is -2.02. The number of carbonyl (C=O) groups is 1. The molecule has 0 amide bonds. The van der Waals surface area contributed by atoms with E-state index < -0.39 is 0 Å². The molecular formula is C18H19NO2. The molecule has 2 aromatic carbocycles. The Morgan fingerprint density at radius 1 is 1.14 bits per heavy atom. The number of fused-ring (bicyclic) bond motifs is 1.